The number of piperidine rings is 1. The summed E-state index contributed by atoms with van der Waals surface area (Å²) in [5.41, 5.74) is 1.40. The smallest absolute Gasteiger partial charge is 0.287 e. The monoisotopic (exact) mass is 670 g/mol. The molecule has 3 amide bonds. The molecule has 6 rings (SSSR count). The minimum Gasteiger partial charge on any atom is -0.451 e. The Bertz CT molecular complexity index is 1570. The summed E-state index contributed by atoms with van der Waals surface area (Å²) < 4.78 is 11.7. The van der Waals surface area contributed by atoms with Crippen LogP contribution >= 0.6 is 0 Å². The molecule has 2 saturated heterocycles. The SMILES string of the molecule is CC(C)(C)c1cccc2cc(C(=O)NC3(C(=O)N[C@H](Cc4ccccc4)C(=O)NCC4CCN(CC5CCOCC5)CC4)CCCC3)oc12. The van der Waals surface area contributed by atoms with Crippen LogP contribution in [0.5, 0.6) is 0 Å². The summed E-state index contributed by atoms with van der Waals surface area (Å²) in [6.07, 6.45) is 7.39. The molecule has 3 aromatic rings. The minimum absolute atomic E-state index is 0.159. The first-order chi connectivity index (χ1) is 23.6. The quantitative estimate of drug-likeness (QED) is 0.239. The number of furan rings is 1. The average Bonchev–Trinajstić information content (AvgIpc) is 3.76. The van der Waals surface area contributed by atoms with E-state index in [4.69, 9.17) is 9.15 Å². The lowest BCUT2D eigenvalue weighted by atomic mass is 9.86. The summed E-state index contributed by atoms with van der Waals surface area (Å²) in [6.45, 7) is 11.9. The fourth-order valence-electron chi connectivity index (χ4n) is 7.82. The maximum Gasteiger partial charge on any atom is 0.287 e. The molecule has 3 aliphatic rings. The Morgan fingerprint density at radius 1 is 0.918 bits per heavy atom. The Labute approximate surface area is 290 Å². The molecule has 1 atom stereocenters. The van der Waals surface area contributed by atoms with Crippen LogP contribution in [0.15, 0.2) is 59.0 Å². The van der Waals surface area contributed by atoms with Crippen LogP contribution in [0.1, 0.15) is 93.8 Å². The molecule has 264 valence electrons. The van der Waals surface area contributed by atoms with Crippen molar-refractivity contribution in [2.24, 2.45) is 11.8 Å². The van der Waals surface area contributed by atoms with E-state index in [9.17, 15) is 14.4 Å². The van der Waals surface area contributed by atoms with Crippen LogP contribution in [0.4, 0.5) is 0 Å². The Balaban J connectivity index is 1.10. The third-order valence-electron chi connectivity index (χ3n) is 10.9. The number of para-hydroxylation sites is 1. The normalized spacial score (nSPS) is 19.8. The van der Waals surface area contributed by atoms with Gasteiger partial charge in [0.15, 0.2) is 5.76 Å². The number of nitrogens with one attached hydrogen (secondary N) is 3. The molecule has 9 heteroatoms. The zero-order valence-electron chi connectivity index (χ0n) is 29.5. The van der Waals surface area contributed by atoms with Crippen LogP contribution in [0, 0.1) is 11.8 Å². The van der Waals surface area contributed by atoms with Gasteiger partial charge >= 0.3 is 0 Å². The number of fused-ring (bicyclic) bond motifs is 1. The van der Waals surface area contributed by atoms with Gasteiger partial charge in [0.05, 0.1) is 0 Å². The van der Waals surface area contributed by atoms with Crippen molar-refractivity contribution >= 4 is 28.7 Å². The molecule has 0 unspecified atom stereocenters. The van der Waals surface area contributed by atoms with E-state index < -0.39 is 17.5 Å². The third kappa shape index (κ3) is 8.73. The second-order valence-electron chi connectivity index (χ2n) is 15.6. The number of nitrogens with zero attached hydrogens (tertiary/aromatic N) is 1. The number of carbonyl (C=O) groups excluding carboxylic acids is 3. The first-order valence-electron chi connectivity index (χ1n) is 18.4. The lowest BCUT2D eigenvalue weighted by Crippen LogP contribution is -2.61. The molecular formula is C40H54N4O5. The van der Waals surface area contributed by atoms with Gasteiger partial charge in [0.2, 0.25) is 11.8 Å². The summed E-state index contributed by atoms with van der Waals surface area (Å²) in [4.78, 5) is 44.2. The molecule has 3 fully saturated rings. The molecule has 0 bridgehead atoms. The third-order valence-corrected chi connectivity index (χ3v) is 10.9. The van der Waals surface area contributed by atoms with E-state index in [1.54, 1.807) is 6.07 Å². The van der Waals surface area contributed by atoms with E-state index in [2.05, 4.69) is 41.6 Å². The standard InChI is InChI=1S/C40H54N4O5/c1-39(2,3)32-13-9-12-31-25-34(49-35(31)32)37(46)43-40(18-7-8-19-40)38(47)42-33(24-28-10-5-4-6-11-28)36(45)41-26-29-14-20-44(21-15-29)27-30-16-22-48-23-17-30/h4-6,9-13,25,29-30,33H,7-8,14-24,26-27H2,1-3H3,(H,41,45)(H,42,47)(H,43,46)/t33-/m1/s1. The Hall–Kier alpha value is -3.69. The molecular weight excluding hydrogens is 616 g/mol. The van der Waals surface area contributed by atoms with Crippen molar-refractivity contribution in [3.63, 3.8) is 0 Å². The maximum absolute atomic E-state index is 14.2. The predicted octanol–water partition coefficient (Wildman–Crippen LogP) is 5.76. The van der Waals surface area contributed by atoms with Gasteiger partial charge < -0.3 is 30.0 Å². The highest BCUT2D eigenvalue weighted by Gasteiger charge is 2.44. The second kappa shape index (κ2) is 15.5. The van der Waals surface area contributed by atoms with Crippen molar-refractivity contribution in [3.05, 3.63) is 71.5 Å². The van der Waals surface area contributed by atoms with Crippen molar-refractivity contribution in [2.75, 3.05) is 39.4 Å². The highest BCUT2D eigenvalue weighted by molar-refractivity contribution is 6.01. The van der Waals surface area contributed by atoms with Crippen molar-refractivity contribution in [1.29, 1.82) is 0 Å². The molecule has 1 saturated carbocycles. The van der Waals surface area contributed by atoms with Gasteiger partial charge in [-0.1, -0.05) is 82.1 Å². The summed E-state index contributed by atoms with van der Waals surface area (Å²) in [5, 5.41) is 10.2. The zero-order valence-corrected chi connectivity index (χ0v) is 29.5. The van der Waals surface area contributed by atoms with Crippen molar-refractivity contribution in [1.82, 2.24) is 20.9 Å². The Morgan fingerprint density at radius 2 is 1.63 bits per heavy atom. The molecule has 2 aliphatic heterocycles. The molecule has 0 spiro atoms. The van der Waals surface area contributed by atoms with Gasteiger partial charge in [0.25, 0.3) is 5.91 Å². The summed E-state index contributed by atoms with van der Waals surface area (Å²) in [7, 11) is 0. The molecule has 2 aromatic carbocycles. The van der Waals surface area contributed by atoms with E-state index >= 15 is 0 Å². The Morgan fingerprint density at radius 3 is 2.33 bits per heavy atom. The van der Waals surface area contributed by atoms with Crippen LogP contribution in [0.2, 0.25) is 0 Å². The van der Waals surface area contributed by atoms with Crippen LogP contribution in [0.25, 0.3) is 11.0 Å². The number of carbonyl (C=O) groups is 3. The van der Waals surface area contributed by atoms with Crippen LogP contribution in [0.3, 0.4) is 0 Å². The highest BCUT2D eigenvalue weighted by atomic mass is 16.5. The van der Waals surface area contributed by atoms with E-state index in [0.717, 1.165) is 93.8 Å². The molecule has 0 radical (unpaired) electrons. The van der Waals surface area contributed by atoms with E-state index in [1.165, 1.54) is 0 Å². The van der Waals surface area contributed by atoms with Gasteiger partial charge in [-0.25, -0.2) is 0 Å². The number of hydrogen-bond donors (Lipinski definition) is 3. The first-order valence-corrected chi connectivity index (χ1v) is 18.4. The Kier molecular flexibility index (Phi) is 11.1. The lowest BCUT2D eigenvalue weighted by molar-refractivity contribution is -0.132. The number of ether oxygens (including phenoxy) is 1. The van der Waals surface area contributed by atoms with Crippen LogP contribution in [-0.4, -0.2) is 73.6 Å². The predicted molar refractivity (Wildman–Crippen MR) is 191 cm³/mol. The molecule has 1 aliphatic carbocycles. The molecule has 49 heavy (non-hydrogen) atoms. The van der Waals surface area contributed by atoms with Gasteiger partial charge in [-0.05, 0) is 80.5 Å². The number of likely N-dealkylation sites (tertiary alicyclic amines) is 1. The number of rotatable bonds is 11. The van der Waals surface area contributed by atoms with Crippen LogP contribution < -0.4 is 16.0 Å². The van der Waals surface area contributed by atoms with Gasteiger partial charge in [-0.2, -0.15) is 0 Å². The topological polar surface area (TPSA) is 113 Å². The lowest BCUT2D eigenvalue weighted by Gasteiger charge is -2.35. The molecule has 3 N–H and O–H groups in total. The van der Waals surface area contributed by atoms with Gasteiger partial charge in [0, 0.05) is 43.7 Å². The fraction of sp³-hybridized carbons (Fsp3) is 0.575. The number of benzene rings is 2. The fourth-order valence-corrected chi connectivity index (χ4v) is 7.82. The highest BCUT2D eigenvalue weighted by Crippen LogP contribution is 2.34. The van der Waals surface area contributed by atoms with Crippen molar-refractivity contribution in [2.45, 2.75) is 95.6 Å². The summed E-state index contributed by atoms with van der Waals surface area (Å²) >= 11 is 0. The maximum atomic E-state index is 14.2. The summed E-state index contributed by atoms with van der Waals surface area (Å²) in [6, 6.07) is 16.7. The molecule has 9 nitrogen and oxygen atoms in total. The number of amides is 3. The first kappa shape index (κ1) is 35.1. The number of hydrogen-bond acceptors (Lipinski definition) is 6. The minimum atomic E-state index is -1.12. The molecule has 3 heterocycles. The average molecular weight is 671 g/mol. The largest absolute Gasteiger partial charge is 0.451 e. The van der Waals surface area contributed by atoms with Gasteiger partial charge in [0.1, 0.15) is 17.2 Å². The van der Waals surface area contributed by atoms with Crippen molar-refractivity contribution < 1.29 is 23.5 Å². The van der Waals surface area contributed by atoms with E-state index in [0.29, 0.717) is 37.3 Å². The van der Waals surface area contributed by atoms with E-state index in [-0.39, 0.29) is 23.0 Å². The van der Waals surface area contributed by atoms with Crippen LogP contribution in [-0.2, 0) is 26.2 Å². The van der Waals surface area contributed by atoms with E-state index in [1.807, 2.05) is 48.5 Å². The van der Waals surface area contributed by atoms with Crippen molar-refractivity contribution in [3.8, 4) is 0 Å². The zero-order chi connectivity index (χ0) is 34.4. The van der Waals surface area contributed by atoms with Gasteiger partial charge in [-0.3, -0.25) is 14.4 Å². The van der Waals surface area contributed by atoms with Gasteiger partial charge in [-0.15, -0.1) is 0 Å². The second-order valence-corrected chi connectivity index (χ2v) is 15.6. The summed E-state index contributed by atoms with van der Waals surface area (Å²) in [5.74, 6) is 0.394. The molecule has 1 aromatic heterocycles.